The van der Waals surface area contributed by atoms with Gasteiger partial charge in [-0.15, -0.1) is 10.2 Å². The van der Waals surface area contributed by atoms with Gasteiger partial charge in [-0.1, -0.05) is 35.5 Å². The minimum Gasteiger partial charge on any atom is -0.496 e. The summed E-state index contributed by atoms with van der Waals surface area (Å²) in [4.78, 5) is 12.6. The van der Waals surface area contributed by atoms with E-state index in [1.165, 1.54) is 11.8 Å². The summed E-state index contributed by atoms with van der Waals surface area (Å²) in [5, 5.41) is 9.49. The molecule has 0 aliphatic heterocycles. The van der Waals surface area contributed by atoms with Gasteiger partial charge in [-0.3, -0.25) is 4.79 Å². The van der Waals surface area contributed by atoms with Crippen LogP contribution in [-0.2, 0) is 7.05 Å². The fraction of sp³-hybridized carbons (Fsp3) is 0.211. The lowest BCUT2D eigenvalue weighted by Gasteiger charge is -2.11. The summed E-state index contributed by atoms with van der Waals surface area (Å²) in [6, 6.07) is 14.5. The van der Waals surface area contributed by atoms with Crippen molar-refractivity contribution in [1.82, 2.24) is 14.8 Å². The van der Waals surface area contributed by atoms with Gasteiger partial charge in [0.2, 0.25) is 0 Å². The molecule has 0 spiro atoms. The van der Waals surface area contributed by atoms with Crippen molar-refractivity contribution in [3.63, 3.8) is 0 Å². The molecule has 26 heavy (non-hydrogen) atoms. The molecule has 0 unspecified atom stereocenters. The van der Waals surface area contributed by atoms with Gasteiger partial charge in [0.05, 0.1) is 17.9 Å². The highest BCUT2D eigenvalue weighted by molar-refractivity contribution is 8.00. The highest BCUT2D eigenvalue weighted by atomic mass is 35.5. The largest absolute Gasteiger partial charge is 0.496 e. The van der Waals surface area contributed by atoms with Crippen molar-refractivity contribution in [1.29, 1.82) is 0 Å². The van der Waals surface area contributed by atoms with Crippen molar-refractivity contribution >= 4 is 29.1 Å². The summed E-state index contributed by atoms with van der Waals surface area (Å²) >= 11 is 7.26. The van der Waals surface area contributed by atoms with Crippen LogP contribution in [0.5, 0.6) is 5.75 Å². The quantitative estimate of drug-likeness (QED) is 0.460. The second-order valence-corrected chi connectivity index (χ2v) is 7.44. The molecule has 0 fully saturated rings. The van der Waals surface area contributed by atoms with Crippen molar-refractivity contribution in [3.05, 3.63) is 59.1 Å². The first kappa shape index (κ1) is 18.5. The van der Waals surface area contributed by atoms with E-state index >= 15 is 0 Å². The van der Waals surface area contributed by atoms with Gasteiger partial charge >= 0.3 is 0 Å². The third-order valence-electron chi connectivity index (χ3n) is 3.96. The van der Waals surface area contributed by atoms with Gasteiger partial charge in [-0.25, -0.2) is 0 Å². The number of thioether (sulfide) groups is 1. The number of ether oxygens (including phenoxy) is 1. The van der Waals surface area contributed by atoms with Gasteiger partial charge in [0, 0.05) is 17.6 Å². The Labute approximate surface area is 161 Å². The fourth-order valence-electron chi connectivity index (χ4n) is 2.54. The van der Waals surface area contributed by atoms with Crippen LogP contribution in [0.2, 0.25) is 5.02 Å². The van der Waals surface area contributed by atoms with E-state index in [9.17, 15) is 4.79 Å². The maximum absolute atomic E-state index is 12.6. The normalized spacial score (nSPS) is 12.0. The van der Waals surface area contributed by atoms with Gasteiger partial charge in [-0.05, 0) is 43.3 Å². The van der Waals surface area contributed by atoms with Crippen molar-refractivity contribution in [2.75, 3.05) is 7.11 Å². The predicted octanol–water partition coefficient (Wildman–Crippen LogP) is 4.51. The molecule has 0 N–H and O–H groups in total. The van der Waals surface area contributed by atoms with Crippen LogP contribution in [0.15, 0.2) is 53.7 Å². The molecule has 0 saturated carbocycles. The van der Waals surface area contributed by atoms with Crippen molar-refractivity contribution in [2.45, 2.75) is 17.3 Å². The van der Waals surface area contributed by atoms with Crippen molar-refractivity contribution in [3.8, 4) is 17.1 Å². The Hall–Kier alpha value is -2.31. The molecule has 0 saturated heterocycles. The average Bonchev–Trinajstić information content (AvgIpc) is 3.02. The standard InChI is InChI=1S/C19H18ClN3O2S/c1-12(17(24)13-8-10-14(20)11-9-13)26-19-22-21-18(23(19)2)15-6-4-5-7-16(15)25-3/h4-12H,1-3H3/t12-/m1/s1. The van der Waals surface area contributed by atoms with Crippen LogP contribution in [0.25, 0.3) is 11.4 Å². The third kappa shape index (κ3) is 3.76. The molecule has 3 rings (SSSR count). The van der Waals surface area contributed by atoms with E-state index in [2.05, 4.69) is 10.2 Å². The molecule has 1 aromatic heterocycles. The highest BCUT2D eigenvalue weighted by Gasteiger charge is 2.21. The lowest BCUT2D eigenvalue weighted by molar-refractivity contribution is 0.0994. The number of carbonyl (C=O) groups is 1. The molecule has 0 aliphatic rings. The molecule has 7 heteroatoms. The maximum Gasteiger partial charge on any atom is 0.191 e. The van der Waals surface area contributed by atoms with E-state index in [-0.39, 0.29) is 11.0 Å². The first-order chi connectivity index (χ1) is 12.5. The number of hydrogen-bond donors (Lipinski definition) is 0. The zero-order valence-corrected chi connectivity index (χ0v) is 16.2. The van der Waals surface area contributed by atoms with Crippen LogP contribution in [0.1, 0.15) is 17.3 Å². The molecule has 3 aromatic rings. The van der Waals surface area contributed by atoms with E-state index in [1.807, 2.05) is 42.8 Å². The molecule has 2 aromatic carbocycles. The number of benzene rings is 2. The number of hydrogen-bond acceptors (Lipinski definition) is 5. The Balaban J connectivity index is 1.82. The number of carbonyl (C=O) groups excluding carboxylic acids is 1. The summed E-state index contributed by atoms with van der Waals surface area (Å²) < 4.78 is 7.27. The van der Waals surface area contributed by atoms with Crippen LogP contribution in [0, 0.1) is 0 Å². The first-order valence-corrected chi connectivity index (χ1v) is 9.26. The Bertz CT molecular complexity index is 925. The molecule has 0 aliphatic carbocycles. The van der Waals surface area contributed by atoms with Gasteiger partial charge in [0.25, 0.3) is 0 Å². The summed E-state index contributed by atoms with van der Waals surface area (Å²) in [7, 11) is 3.50. The van der Waals surface area contributed by atoms with Gasteiger partial charge in [0.1, 0.15) is 5.75 Å². The monoisotopic (exact) mass is 387 g/mol. The summed E-state index contributed by atoms with van der Waals surface area (Å²) in [6.45, 7) is 1.86. The SMILES string of the molecule is COc1ccccc1-c1nnc(S[C@H](C)C(=O)c2ccc(Cl)cc2)n1C. The Morgan fingerprint density at radius 1 is 1.15 bits per heavy atom. The van der Waals surface area contributed by atoms with Crippen molar-refractivity contribution in [2.24, 2.45) is 7.05 Å². The Morgan fingerprint density at radius 2 is 1.85 bits per heavy atom. The number of methoxy groups -OCH3 is 1. The summed E-state index contributed by atoms with van der Waals surface area (Å²) in [6.07, 6.45) is 0. The number of nitrogens with zero attached hydrogens (tertiary/aromatic N) is 3. The number of rotatable bonds is 6. The van der Waals surface area contributed by atoms with Crippen LogP contribution >= 0.6 is 23.4 Å². The number of para-hydroxylation sites is 1. The number of aromatic nitrogens is 3. The second-order valence-electron chi connectivity index (χ2n) is 5.70. The predicted molar refractivity (Wildman–Crippen MR) is 104 cm³/mol. The lowest BCUT2D eigenvalue weighted by atomic mass is 10.1. The van der Waals surface area contributed by atoms with Gasteiger partial charge in [-0.2, -0.15) is 0 Å². The van der Waals surface area contributed by atoms with E-state index in [0.717, 1.165) is 11.3 Å². The van der Waals surface area contributed by atoms with Gasteiger partial charge < -0.3 is 9.30 Å². The third-order valence-corrected chi connectivity index (χ3v) is 5.35. The molecule has 1 heterocycles. The minimum atomic E-state index is -0.301. The van der Waals surface area contributed by atoms with E-state index in [0.29, 0.717) is 21.6 Å². The molecular weight excluding hydrogens is 370 g/mol. The smallest absolute Gasteiger partial charge is 0.191 e. The first-order valence-electron chi connectivity index (χ1n) is 8.00. The van der Waals surface area contributed by atoms with Crippen molar-refractivity contribution < 1.29 is 9.53 Å². The van der Waals surface area contributed by atoms with Gasteiger partial charge in [0.15, 0.2) is 16.8 Å². The van der Waals surface area contributed by atoms with Crippen LogP contribution in [0.3, 0.4) is 0 Å². The fourth-order valence-corrected chi connectivity index (χ4v) is 3.56. The molecule has 0 bridgehead atoms. The van der Waals surface area contributed by atoms with E-state index in [4.69, 9.17) is 16.3 Å². The minimum absolute atomic E-state index is 0.0218. The van der Waals surface area contributed by atoms with E-state index < -0.39 is 0 Å². The topological polar surface area (TPSA) is 57.0 Å². The molecule has 134 valence electrons. The highest BCUT2D eigenvalue weighted by Crippen LogP contribution is 2.31. The summed E-state index contributed by atoms with van der Waals surface area (Å²) in [5.41, 5.74) is 1.48. The molecule has 5 nitrogen and oxygen atoms in total. The number of Topliss-reactive ketones (excluding diaryl/α,β-unsaturated/α-hetero) is 1. The molecule has 0 amide bonds. The number of halogens is 1. The van der Waals surface area contributed by atoms with Crippen LogP contribution in [0.4, 0.5) is 0 Å². The van der Waals surface area contributed by atoms with Crippen LogP contribution < -0.4 is 4.74 Å². The second kappa shape index (κ2) is 7.93. The Kier molecular flexibility index (Phi) is 5.64. The summed E-state index contributed by atoms with van der Waals surface area (Å²) in [5.74, 6) is 1.44. The zero-order valence-electron chi connectivity index (χ0n) is 14.6. The zero-order chi connectivity index (χ0) is 18.7. The average molecular weight is 388 g/mol. The molecule has 0 radical (unpaired) electrons. The molecular formula is C19H18ClN3O2S. The van der Waals surface area contributed by atoms with E-state index in [1.54, 1.807) is 31.4 Å². The molecule has 1 atom stereocenters. The maximum atomic E-state index is 12.6. The number of ketones is 1. The van der Waals surface area contributed by atoms with Crippen LogP contribution in [-0.4, -0.2) is 32.9 Å². The lowest BCUT2D eigenvalue weighted by Crippen LogP contribution is -2.14. The Morgan fingerprint density at radius 3 is 2.54 bits per heavy atom.